The molecule has 4 heterocycles. The molecular weight excluding hydrogens is 412 g/mol. The molecule has 2 aromatic heterocycles. The third-order valence-electron chi connectivity index (χ3n) is 5.41. The largest absolute Gasteiger partial charge is 0.454 e. The summed E-state index contributed by atoms with van der Waals surface area (Å²) in [6.07, 6.45) is 4.89. The zero-order valence-corrected chi connectivity index (χ0v) is 17.3. The maximum absolute atomic E-state index is 13.2. The molecule has 5 rings (SSSR count). The fourth-order valence-corrected chi connectivity index (χ4v) is 3.90. The van der Waals surface area contributed by atoms with E-state index in [9.17, 15) is 14.4 Å². The lowest BCUT2D eigenvalue weighted by Crippen LogP contribution is -2.54. The number of urea groups is 1. The second kappa shape index (κ2) is 7.38. The summed E-state index contributed by atoms with van der Waals surface area (Å²) in [5, 5.41) is 2.24. The first-order valence-electron chi connectivity index (χ1n) is 9.84. The molecule has 1 aromatic carbocycles. The van der Waals surface area contributed by atoms with Gasteiger partial charge in [-0.15, -0.1) is 0 Å². The Morgan fingerprint density at radius 2 is 1.72 bits per heavy atom. The summed E-state index contributed by atoms with van der Waals surface area (Å²) >= 11 is 0. The molecule has 0 bridgehead atoms. The number of hydrogen-bond donors (Lipinski definition) is 1. The van der Waals surface area contributed by atoms with E-state index in [4.69, 9.17) is 9.47 Å². The van der Waals surface area contributed by atoms with Crippen LogP contribution in [0.3, 0.4) is 0 Å². The van der Waals surface area contributed by atoms with Crippen molar-refractivity contribution in [3.63, 3.8) is 0 Å². The van der Waals surface area contributed by atoms with E-state index >= 15 is 0 Å². The number of hydrogen-bond acceptors (Lipinski definition) is 6. The number of anilines is 1. The first-order valence-corrected chi connectivity index (χ1v) is 9.84. The van der Waals surface area contributed by atoms with Crippen LogP contribution < -0.4 is 19.7 Å². The summed E-state index contributed by atoms with van der Waals surface area (Å²) in [5.41, 5.74) is 3.50. The number of ether oxygens (including phenoxy) is 2. The average molecular weight is 430 g/mol. The van der Waals surface area contributed by atoms with Crippen LogP contribution in [0, 0.1) is 13.8 Å². The summed E-state index contributed by atoms with van der Waals surface area (Å²) in [4.78, 5) is 43.2. The topological polar surface area (TPSA) is 103 Å². The minimum Gasteiger partial charge on any atom is -0.454 e. The van der Waals surface area contributed by atoms with Crippen molar-refractivity contribution in [3.05, 3.63) is 71.3 Å². The molecule has 160 valence electrons. The number of rotatable bonds is 3. The molecule has 0 unspecified atom stereocenters. The average Bonchev–Trinajstić information content (AvgIpc) is 3.35. The normalized spacial score (nSPS) is 16.6. The standard InChI is InChI=1S/C23H18N4O5/c1-13-9-15(14(2)26(13)16-5-7-24-8-6-16)10-18-21(28)25-23(30)27(22(18)29)17-3-4-19-20(11-17)32-12-31-19/h3-11H,12H2,1-2H3,(H,25,28,30)/b18-10+. The second-order valence-electron chi connectivity index (χ2n) is 7.36. The van der Waals surface area contributed by atoms with Crippen molar-refractivity contribution in [3.8, 4) is 17.2 Å². The third kappa shape index (κ3) is 3.11. The molecule has 1 N–H and O–H groups in total. The quantitative estimate of drug-likeness (QED) is 0.506. The smallest absolute Gasteiger partial charge is 0.335 e. The fraction of sp³-hybridized carbons (Fsp3) is 0.130. The van der Waals surface area contributed by atoms with Gasteiger partial charge in [0.1, 0.15) is 5.57 Å². The zero-order valence-electron chi connectivity index (χ0n) is 17.3. The highest BCUT2D eigenvalue weighted by atomic mass is 16.7. The summed E-state index contributed by atoms with van der Waals surface area (Å²) in [6, 6.07) is 9.50. The molecule has 0 atom stereocenters. The highest BCUT2D eigenvalue weighted by molar-refractivity contribution is 6.39. The van der Waals surface area contributed by atoms with Crippen molar-refractivity contribution < 1.29 is 23.9 Å². The van der Waals surface area contributed by atoms with Crippen LogP contribution in [-0.4, -0.2) is 34.2 Å². The van der Waals surface area contributed by atoms with E-state index in [1.54, 1.807) is 24.5 Å². The first kappa shape index (κ1) is 19.6. The van der Waals surface area contributed by atoms with E-state index in [0.29, 0.717) is 17.1 Å². The number of nitrogens with one attached hydrogen (secondary N) is 1. The zero-order chi connectivity index (χ0) is 22.4. The van der Waals surface area contributed by atoms with Gasteiger partial charge in [0.05, 0.1) is 5.69 Å². The van der Waals surface area contributed by atoms with Crippen LogP contribution in [0.25, 0.3) is 11.8 Å². The molecule has 9 heteroatoms. The number of imide groups is 2. The van der Waals surface area contributed by atoms with E-state index in [1.165, 1.54) is 12.1 Å². The van der Waals surface area contributed by atoms with Crippen molar-refractivity contribution in [2.75, 3.05) is 11.7 Å². The Morgan fingerprint density at radius 1 is 0.969 bits per heavy atom. The molecule has 2 aliphatic rings. The van der Waals surface area contributed by atoms with Gasteiger partial charge in [0.2, 0.25) is 6.79 Å². The van der Waals surface area contributed by atoms with E-state index in [2.05, 4.69) is 10.3 Å². The molecule has 0 saturated carbocycles. The van der Waals surface area contributed by atoms with Gasteiger partial charge < -0.3 is 14.0 Å². The third-order valence-corrected chi connectivity index (χ3v) is 5.41. The maximum Gasteiger partial charge on any atom is 0.335 e. The van der Waals surface area contributed by atoms with E-state index < -0.39 is 17.8 Å². The molecule has 9 nitrogen and oxygen atoms in total. The Kier molecular flexibility index (Phi) is 4.51. The number of amides is 4. The highest BCUT2D eigenvalue weighted by Gasteiger charge is 2.37. The van der Waals surface area contributed by atoms with Crippen molar-refractivity contribution in [1.29, 1.82) is 0 Å². The van der Waals surface area contributed by atoms with Crippen LogP contribution in [-0.2, 0) is 9.59 Å². The number of aromatic nitrogens is 2. The second-order valence-corrected chi connectivity index (χ2v) is 7.36. The molecule has 1 saturated heterocycles. The Hall–Kier alpha value is -4.40. The number of carbonyl (C=O) groups is 3. The van der Waals surface area contributed by atoms with Gasteiger partial charge in [0, 0.05) is 35.5 Å². The molecule has 2 aliphatic heterocycles. The van der Waals surface area contributed by atoms with Crippen LogP contribution in [0.15, 0.2) is 54.4 Å². The molecule has 32 heavy (non-hydrogen) atoms. The lowest BCUT2D eigenvalue weighted by atomic mass is 10.1. The summed E-state index contributed by atoms with van der Waals surface area (Å²) in [7, 11) is 0. The Morgan fingerprint density at radius 3 is 2.50 bits per heavy atom. The van der Waals surface area contributed by atoms with Crippen molar-refractivity contribution in [2.45, 2.75) is 13.8 Å². The van der Waals surface area contributed by atoms with Crippen molar-refractivity contribution in [1.82, 2.24) is 14.9 Å². The number of pyridine rings is 1. The van der Waals surface area contributed by atoms with Crippen LogP contribution in [0.2, 0.25) is 0 Å². The van der Waals surface area contributed by atoms with Crippen molar-refractivity contribution >= 4 is 29.6 Å². The van der Waals surface area contributed by atoms with Gasteiger partial charge in [-0.1, -0.05) is 0 Å². The predicted molar refractivity (Wildman–Crippen MR) is 115 cm³/mol. The molecule has 0 aliphatic carbocycles. The fourth-order valence-electron chi connectivity index (χ4n) is 3.90. The van der Waals surface area contributed by atoms with Gasteiger partial charge in [-0.25, -0.2) is 9.69 Å². The van der Waals surface area contributed by atoms with Gasteiger partial charge in [-0.2, -0.15) is 0 Å². The highest BCUT2D eigenvalue weighted by Crippen LogP contribution is 2.36. The number of barbiturate groups is 1. The SMILES string of the molecule is Cc1cc(/C=C2\C(=O)NC(=O)N(c3ccc4c(c3)OCO4)C2=O)c(C)n1-c1ccncc1. The summed E-state index contributed by atoms with van der Waals surface area (Å²) < 4.78 is 12.6. The number of aryl methyl sites for hydroxylation is 1. The summed E-state index contributed by atoms with van der Waals surface area (Å²) in [5.74, 6) is -0.516. The van der Waals surface area contributed by atoms with Crippen molar-refractivity contribution in [2.24, 2.45) is 0 Å². The van der Waals surface area contributed by atoms with E-state index in [0.717, 1.165) is 22.0 Å². The first-order chi connectivity index (χ1) is 15.4. The molecule has 3 aromatic rings. The van der Waals surface area contributed by atoms with Gasteiger partial charge in [0.15, 0.2) is 11.5 Å². The predicted octanol–water partition coefficient (Wildman–Crippen LogP) is 2.88. The van der Waals surface area contributed by atoms with Crippen LogP contribution in [0.1, 0.15) is 17.0 Å². The van der Waals surface area contributed by atoms with Gasteiger partial charge in [-0.05, 0) is 55.8 Å². The van der Waals surface area contributed by atoms with E-state index in [-0.39, 0.29) is 18.1 Å². The summed E-state index contributed by atoms with van der Waals surface area (Å²) in [6.45, 7) is 3.89. The lowest BCUT2D eigenvalue weighted by molar-refractivity contribution is -0.122. The molecule has 0 spiro atoms. The Bertz CT molecular complexity index is 1310. The number of fused-ring (bicyclic) bond motifs is 1. The van der Waals surface area contributed by atoms with Crippen LogP contribution in [0.4, 0.5) is 10.5 Å². The van der Waals surface area contributed by atoms with Gasteiger partial charge in [0.25, 0.3) is 11.8 Å². The number of nitrogens with zero attached hydrogens (tertiary/aromatic N) is 3. The monoisotopic (exact) mass is 430 g/mol. The van der Waals surface area contributed by atoms with Crippen LogP contribution in [0.5, 0.6) is 11.5 Å². The molecule has 4 amide bonds. The number of carbonyl (C=O) groups excluding carboxylic acids is 3. The minimum absolute atomic E-state index is 0.0651. The van der Waals surface area contributed by atoms with Gasteiger partial charge >= 0.3 is 6.03 Å². The lowest BCUT2D eigenvalue weighted by Gasteiger charge is -2.26. The number of benzene rings is 1. The molecule has 1 fully saturated rings. The Labute approximate surface area is 182 Å². The van der Waals surface area contributed by atoms with Gasteiger partial charge in [-0.3, -0.25) is 19.9 Å². The Balaban J connectivity index is 1.54. The maximum atomic E-state index is 13.2. The molecule has 0 radical (unpaired) electrons. The minimum atomic E-state index is -0.821. The van der Waals surface area contributed by atoms with Crippen LogP contribution >= 0.6 is 0 Å². The molecular formula is C23H18N4O5. The van der Waals surface area contributed by atoms with E-state index in [1.807, 2.05) is 36.6 Å².